The van der Waals surface area contributed by atoms with Gasteiger partial charge in [-0.25, -0.2) is 4.79 Å². The third kappa shape index (κ3) is 9.79. The van der Waals surface area contributed by atoms with Crippen molar-refractivity contribution in [3.05, 3.63) is 125 Å². The van der Waals surface area contributed by atoms with Gasteiger partial charge in [-0.05, 0) is 103 Å². The van der Waals surface area contributed by atoms with Crippen LogP contribution in [0.25, 0.3) is 0 Å². The first-order valence-electron chi connectivity index (χ1n) is 17.7. The molecule has 4 aromatic carbocycles. The molecule has 6 rings (SSSR count). The van der Waals surface area contributed by atoms with Gasteiger partial charge in [0.25, 0.3) is 0 Å². The second-order valence-electron chi connectivity index (χ2n) is 13.6. The molecule has 264 valence electrons. The molecule has 2 aliphatic rings. The number of anilines is 1. The largest absolute Gasteiger partial charge is 0.491 e. The van der Waals surface area contributed by atoms with Crippen LogP contribution in [-0.4, -0.2) is 90.7 Å². The lowest BCUT2D eigenvalue weighted by Crippen LogP contribution is -2.41. The van der Waals surface area contributed by atoms with Crippen LogP contribution in [0.15, 0.2) is 103 Å². The molecule has 8 nitrogen and oxygen atoms in total. The lowest BCUT2D eigenvalue weighted by atomic mass is 9.90. The average molecular weight is 698 g/mol. The maximum atomic E-state index is 12.9. The fraction of sp³-hybridized carbons (Fsp3) is 0.390. The van der Waals surface area contributed by atoms with E-state index in [4.69, 9.17) is 21.1 Å². The Bertz CT molecular complexity index is 1630. The monoisotopic (exact) mass is 697 g/mol. The third-order valence-corrected chi connectivity index (χ3v) is 10.1. The second-order valence-corrected chi connectivity index (χ2v) is 14.0. The summed E-state index contributed by atoms with van der Waals surface area (Å²) in [5.74, 6) is 2.28. The summed E-state index contributed by atoms with van der Waals surface area (Å²) in [6, 6.07) is 33.7. The summed E-state index contributed by atoms with van der Waals surface area (Å²) in [6.07, 6.45) is 2.11. The van der Waals surface area contributed by atoms with Crippen molar-refractivity contribution in [3.63, 3.8) is 0 Å². The van der Waals surface area contributed by atoms with Crippen molar-refractivity contribution in [1.82, 2.24) is 9.80 Å². The van der Waals surface area contributed by atoms with Crippen LogP contribution in [0.5, 0.6) is 11.5 Å². The number of rotatable bonds is 15. The Morgan fingerprint density at radius 3 is 1.86 bits per heavy atom. The number of nitrogens with zero attached hydrogens (tertiary/aromatic N) is 3. The summed E-state index contributed by atoms with van der Waals surface area (Å²) in [5.41, 5.74) is 4.49. The van der Waals surface area contributed by atoms with Crippen molar-refractivity contribution in [1.29, 1.82) is 0 Å². The van der Waals surface area contributed by atoms with E-state index in [0.29, 0.717) is 36.3 Å². The van der Waals surface area contributed by atoms with Gasteiger partial charge in [-0.2, -0.15) is 0 Å². The summed E-state index contributed by atoms with van der Waals surface area (Å²) in [5, 5.41) is 21.9. The van der Waals surface area contributed by atoms with Gasteiger partial charge in [0.2, 0.25) is 0 Å². The number of carbonyl (C=O) groups is 1. The minimum absolute atomic E-state index is 0.0863. The Kier molecular flexibility index (Phi) is 12.3. The quantitative estimate of drug-likeness (QED) is 0.141. The Labute approximate surface area is 300 Å². The van der Waals surface area contributed by atoms with Crippen LogP contribution >= 0.6 is 11.6 Å². The van der Waals surface area contributed by atoms with E-state index in [0.717, 1.165) is 54.9 Å². The van der Waals surface area contributed by atoms with Gasteiger partial charge in [0, 0.05) is 36.3 Å². The highest BCUT2D eigenvalue weighted by atomic mass is 35.5. The van der Waals surface area contributed by atoms with Crippen molar-refractivity contribution in [2.75, 3.05) is 57.4 Å². The number of ether oxygens (including phenoxy) is 2. The van der Waals surface area contributed by atoms with Crippen LogP contribution in [0.4, 0.5) is 10.5 Å². The number of urea groups is 1. The van der Waals surface area contributed by atoms with Gasteiger partial charge in [-0.3, -0.25) is 4.90 Å². The van der Waals surface area contributed by atoms with E-state index in [2.05, 4.69) is 54.3 Å². The third-order valence-electron chi connectivity index (χ3n) is 9.85. The number of amides is 2. The van der Waals surface area contributed by atoms with E-state index < -0.39 is 12.2 Å². The minimum Gasteiger partial charge on any atom is -0.491 e. The maximum Gasteiger partial charge on any atom is 0.324 e. The number of β-amino-alcohol motifs (C(OH)–C–C–N with tert-alkyl or cyclic N) is 2. The molecule has 2 heterocycles. The zero-order valence-corrected chi connectivity index (χ0v) is 29.5. The second kappa shape index (κ2) is 17.2. The fourth-order valence-corrected chi connectivity index (χ4v) is 7.00. The average Bonchev–Trinajstić information content (AvgIpc) is 3.50. The summed E-state index contributed by atoms with van der Waals surface area (Å²) in [7, 11) is 0. The topological polar surface area (TPSA) is 85.7 Å². The summed E-state index contributed by atoms with van der Waals surface area (Å²) >= 11 is 5.98. The molecule has 0 saturated carbocycles. The Balaban J connectivity index is 0.890. The van der Waals surface area contributed by atoms with Crippen LogP contribution in [0.1, 0.15) is 42.4 Å². The predicted molar refractivity (Wildman–Crippen MR) is 198 cm³/mol. The van der Waals surface area contributed by atoms with Gasteiger partial charge in [0.15, 0.2) is 0 Å². The molecule has 9 heteroatoms. The lowest BCUT2D eigenvalue weighted by molar-refractivity contribution is 0.0550. The summed E-state index contributed by atoms with van der Waals surface area (Å²) in [4.78, 5) is 18.5. The van der Waals surface area contributed by atoms with E-state index in [9.17, 15) is 15.0 Å². The molecule has 2 amide bonds. The van der Waals surface area contributed by atoms with Crippen molar-refractivity contribution in [3.8, 4) is 11.5 Å². The van der Waals surface area contributed by atoms with Crippen molar-refractivity contribution < 1.29 is 24.5 Å². The van der Waals surface area contributed by atoms with Gasteiger partial charge < -0.3 is 29.5 Å². The number of benzene rings is 4. The number of likely N-dealkylation sites (tertiary alicyclic amines) is 1. The fourth-order valence-electron chi connectivity index (χ4n) is 6.87. The van der Waals surface area contributed by atoms with Crippen LogP contribution < -0.4 is 14.4 Å². The predicted octanol–water partition coefficient (Wildman–Crippen LogP) is 6.87. The highest BCUT2D eigenvalue weighted by molar-refractivity contribution is 6.30. The molecule has 0 aliphatic carbocycles. The van der Waals surface area contributed by atoms with E-state index in [1.807, 2.05) is 48.5 Å². The molecule has 3 atom stereocenters. The Morgan fingerprint density at radius 2 is 1.28 bits per heavy atom. The van der Waals surface area contributed by atoms with Gasteiger partial charge in [-0.1, -0.05) is 73.1 Å². The molecular weight excluding hydrogens is 650 g/mol. The van der Waals surface area contributed by atoms with Crippen molar-refractivity contribution in [2.24, 2.45) is 5.92 Å². The molecular formula is C41H48ClN3O5. The lowest BCUT2D eigenvalue weighted by Gasteiger charge is -2.33. The van der Waals surface area contributed by atoms with Crippen LogP contribution in [-0.2, 0) is 6.42 Å². The number of hydrogen-bond acceptors (Lipinski definition) is 6. The maximum absolute atomic E-state index is 12.9. The zero-order chi connectivity index (χ0) is 34.9. The number of carbonyl (C=O) groups excluding carboxylic acids is 1. The van der Waals surface area contributed by atoms with E-state index in [1.54, 1.807) is 21.9 Å². The van der Waals surface area contributed by atoms with Crippen molar-refractivity contribution in [2.45, 2.75) is 44.3 Å². The molecule has 2 saturated heterocycles. The standard InChI is InChI=1S/C41H48ClN3O5/c1-30(33-7-15-39(16-8-33)49-28-37(46)26-43-21-19-32(20-22-43)25-31-5-3-2-4-6-31)34-9-17-40(18-10-34)50-29-38(47)27-44-23-24-45(41(44)48)36-13-11-35(42)12-14-36/h2-18,30,32,37-38,46-47H,19-29H2,1H3/t30?,37-,38-/m0/s1. The van der Waals surface area contributed by atoms with Crippen LogP contribution in [0, 0.1) is 5.92 Å². The molecule has 0 radical (unpaired) electrons. The molecule has 4 aromatic rings. The summed E-state index contributed by atoms with van der Waals surface area (Å²) in [6.45, 7) is 6.47. The van der Waals surface area contributed by atoms with E-state index >= 15 is 0 Å². The molecule has 0 bridgehead atoms. The smallest absolute Gasteiger partial charge is 0.324 e. The molecule has 2 aliphatic heterocycles. The number of hydrogen-bond donors (Lipinski definition) is 2. The first-order chi connectivity index (χ1) is 24.3. The normalized spacial score (nSPS) is 17.5. The van der Waals surface area contributed by atoms with Crippen molar-refractivity contribution >= 4 is 23.3 Å². The minimum atomic E-state index is -0.813. The van der Waals surface area contributed by atoms with E-state index in [1.165, 1.54) is 5.56 Å². The molecule has 0 aromatic heterocycles. The highest BCUT2D eigenvalue weighted by Gasteiger charge is 2.31. The summed E-state index contributed by atoms with van der Waals surface area (Å²) < 4.78 is 11.8. The van der Waals surface area contributed by atoms with Gasteiger partial charge in [-0.15, -0.1) is 0 Å². The number of halogens is 1. The molecule has 50 heavy (non-hydrogen) atoms. The van der Waals surface area contributed by atoms with Gasteiger partial charge >= 0.3 is 6.03 Å². The Hall–Kier alpha value is -4.08. The Morgan fingerprint density at radius 1 is 0.720 bits per heavy atom. The molecule has 2 N–H and O–H groups in total. The molecule has 2 fully saturated rings. The SMILES string of the molecule is CC(c1ccc(OC[C@@H](O)CN2CCC(Cc3ccccc3)CC2)cc1)c1ccc(OC[C@@H](O)CN2CCN(c3ccc(Cl)cc3)C2=O)cc1. The number of aliphatic hydroxyl groups excluding tert-OH is 2. The molecule has 1 unspecified atom stereocenters. The highest BCUT2D eigenvalue weighted by Crippen LogP contribution is 2.28. The number of piperidine rings is 1. The van der Waals surface area contributed by atoms with Crippen LogP contribution in [0.3, 0.4) is 0 Å². The first-order valence-corrected chi connectivity index (χ1v) is 18.1. The van der Waals surface area contributed by atoms with Crippen LogP contribution in [0.2, 0.25) is 5.02 Å². The first kappa shape index (κ1) is 35.7. The number of aliphatic hydroxyl groups is 2. The van der Waals surface area contributed by atoms with Gasteiger partial charge in [0.1, 0.15) is 36.9 Å². The van der Waals surface area contributed by atoms with E-state index in [-0.39, 0.29) is 31.7 Å². The molecule has 0 spiro atoms. The zero-order valence-electron chi connectivity index (χ0n) is 28.7. The van der Waals surface area contributed by atoms with Gasteiger partial charge in [0.05, 0.1) is 6.54 Å².